The minimum Gasteiger partial charge on any atom is -0.493 e. The Balaban J connectivity index is 1.66. The van der Waals surface area contributed by atoms with Crippen molar-refractivity contribution >= 4 is 40.8 Å². The van der Waals surface area contributed by atoms with Crippen molar-refractivity contribution in [1.29, 1.82) is 0 Å². The van der Waals surface area contributed by atoms with Crippen molar-refractivity contribution in [3.63, 3.8) is 0 Å². The number of carbonyl (C=O) groups excluding carboxylic acids is 2. The van der Waals surface area contributed by atoms with E-state index in [1.807, 2.05) is 0 Å². The lowest BCUT2D eigenvalue weighted by Crippen LogP contribution is -2.11. The highest BCUT2D eigenvalue weighted by molar-refractivity contribution is 6.42. The summed E-state index contributed by atoms with van der Waals surface area (Å²) in [5, 5.41) is 3.48. The van der Waals surface area contributed by atoms with Gasteiger partial charge in [0.15, 0.2) is 11.5 Å². The van der Waals surface area contributed by atoms with E-state index in [1.54, 1.807) is 61.5 Å². The highest BCUT2D eigenvalue weighted by Crippen LogP contribution is 2.33. The van der Waals surface area contributed by atoms with E-state index >= 15 is 0 Å². The average molecular weight is 474 g/mol. The molecule has 3 rings (SSSR count). The van der Waals surface area contributed by atoms with Crippen LogP contribution in [0.15, 0.2) is 60.7 Å². The van der Waals surface area contributed by atoms with Crippen molar-refractivity contribution in [3.05, 3.63) is 81.8 Å². The molecule has 32 heavy (non-hydrogen) atoms. The van der Waals surface area contributed by atoms with E-state index in [-0.39, 0.29) is 18.3 Å². The van der Waals surface area contributed by atoms with Crippen molar-refractivity contribution < 1.29 is 23.8 Å². The van der Waals surface area contributed by atoms with Crippen molar-refractivity contribution in [2.75, 3.05) is 19.0 Å². The first-order valence-corrected chi connectivity index (χ1v) is 10.5. The second kappa shape index (κ2) is 10.9. The monoisotopic (exact) mass is 473 g/mol. The number of rotatable bonds is 8. The fourth-order valence-corrected chi connectivity index (χ4v) is 3.16. The summed E-state index contributed by atoms with van der Waals surface area (Å²) in [5.74, 6) is 0.920. The van der Waals surface area contributed by atoms with Gasteiger partial charge >= 0.3 is 5.97 Å². The Hall–Kier alpha value is -3.22. The molecule has 0 heterocycles. The highest BCUT2D eigenvalue weighted by Gasteiger charge is 2.12. The molecule has 0 aliphatic rings. The Morgan fingerprint density at radius 1 is 0.906 bits per heavy atom. The number of anilines is 1. The summed E-state index contributed by atoms with van der Waals surface area (Å²) in [6, 6.07) is 16.8. The smallest absolute Gasteiger partial charge is 0.310 e. The predicted molar refractivity (Wildman–Crippen MR) is 124 cm³/mol. The van der Waals surface area contributed by atoms with Crippen LogP contribution in [0.4, 0.5) is 5.69 Å². The fourth-order valence-electron chi connectivity index (χ4n) is 2.86. The molecule has 0 unspecified atom stereocenters. The summed E-state index contributed by atoms with van der Waals surface area (Å²) in [7, 11) is 1.53. The van der Waals surface area contributed by atoms with E-state index in [0.717, 1.165) is 5.56 Å². The molecule has 0 saturated carbocycles. The van der Waals surface area contributed by atoms with Crippen LogP contribution in [0, 0.1) is 0 Å². The Bertz CT molecular complexity index is 1120. The molecule has 166 valence electrons. The molecule has 6 nitrogen and oxygen atoms in total. The number of benzene rings is 3. The van der Waals surface area contributed by atoms with Gasteiger partial charge < -0.3 is 19.5 Å². The third-order valence-electron chi connectivity index (χ3n) is 4.40. The molecule has 3 aromatic rings. The topological polar surface area (TPSA) is 73.9 Å². The summed E-state index contributed by atoms with van der Waals surface area (Å²) in [4.78, 5) is 24.1. The van der Waals surface area contributed by atoms with E-state index in [1.165, 1.54) is 13.2 Å². The van der Waals surface area contributed by atoms with Gasteiger partial charge in [-0.15, -0.1) is 0 Å². The summed E-state index contributed by atoms with van der Waals surface area (Å²) in [6.45, 7) is 2.10. The Morgan fingerprint density at radius 3 is 2.31 bits per heavy atom. The van der Waals surface area contributed by atoms with Crippen molar-refractivity contribution in [2.24, 2.45) is 0 Å². The van der Waals surface area contributed by atoms with Gasteiger partial charge in [0.1, 0.15) is 5.75 Å². The fraction of sp³-hybridized carbons (Fsp3) is 0.167. The molecule has 0 aliphatic heterocycles. The van der Waals surface area contributed by atoms with E-state index in [9.17, 15) is 9.59 Å². The molecule has 0 saturated heterocycles. The largest absolute Gasteiger partial charge is 0.493 e. The molecule has 1 amide bonds. The SMILES string of the molecule is CCOC(=O)Cc1ccc(Oc2ccc(NC(=O)c3ccc(Cl)c(Cl)c3)cc2)c(OC)c1. The molecule has 1 N–H and O–H groups in total. The lowest BCUT2D eigenvalue weighted by molar-refractivity contribution is -0.142. The molecule has 0 aromatic heterocycles. The molecule has 0 atom stereocenters. The van der Waals surface area contributed by atoms with Crippen LogP contribution >= 0.6 is 23.2 Å². The number of halogens is 2. The van der Waals surface area contributed by atoms with Crippen LogP contribution in [-0.4, -0.2) is 25.6 Å². The quantitative estimate of drug-likeness (QED) is 0.397. The van der Waals surface area contributed by atoms with E-state index in [2.05, 4.69) is 5.32 Å². The maximum absolute atomic E-state index is 12.4. The molecular formula is C24H21Cl2NO5. The molecule has 3 aromatic carbocycles. The van der Waals surface area contributed by atoms with Gasteiger partial charge in [0, 0.05) is 11.3 Å². The predicted octanol–water partition coefficient (Wildman–Crippen LogP) is 6.15. The molecule has 0 aliphatic carbocycles. The van der Waals surface area contributed by atoms with Crippen LogP contribution in [0.3, 0.4) is 0 Å². The highest BCUT2D eigenvalue weighted by atomic mass is 35.5. The molecule has 8 heteroatoms. The minimum absolute atomic E-state index is 0.151. The number of carbonyl (C=O) groups is 2. The van der Waals surface area contributed by atoms with Crippen molar-refractivity contribution in [1.82, 2.24) is 0 Å². The van der Waals surface area contributed by atoms with Crippen LogP contribution < -0.4 is 14.8 Å². The van der Waals surface area contributed by atoms with E-state index in [0.29, 0.717) is 45.2 Å². The summed E-state index contributed by atoms with van der Waals surface area (Å²) < 4.78 is 16.3. The van der Waals surface area contributed by atoms with Crippen LogP contribution in [0.1, 0.15) is 22.8 Å². The molecule has 0 bridgehead atoms. The summed E-state index contributed by atoms with van der Waals surface area (Å²) in [6.07, 6.45) is 0.151. The summed E-state index contributed by atoms with van der Waals surface area (Å²) in [5.41, 5.74) is 1.74. The maximum Gasteiger partial charge on any atom is 0.310 e. The van der Waals surface area contributed by atoms with Crippen molar-refractivity contribution in [2.45, 2.75) is 13.3 Å². The lowest BCUT2D eigenvalue weighted by atomic mass is 10.1. The number of hydrogen-bond donors (Lipinski definition) is 1. The van der Waals surface area contributed by atoms with E-state index in [4.69, 9.17) is 37.4 Å². The third kappa shape index (κ3) is 6.15. The standard InChI is InChI=1S/C24H21Cl2NO5/c1-3-31-23(28)13-15-4-11-21(22(12-15)30-2)32-18-8-6-17(7-9-18)27-24(29)16-5-10-19(25)20(26)14-16/h4-12,14H,3,13H2,1-2H3,(H,27,29). The maximum atomic E-state index is 12.4. The van der Waals surface area contributed by atoms with Gasteiger partial charge in [-0.3, -0.25) is 9.59 Å². The van der Waals surface area contributed by atoms with Gasteiger partial charge in [-0.25, -0.2) is 0 Å². The van der Waals surface area contributed by atoms with E-state index < -0.39 is 0 Å². The van der Waals surface area contributed by atoms with Crippen LogP contribution in [0.5, 0.6) is 17.2 Å². The first-order chi connectivity index (χ1) is 15.4. The first-order valence-electron chi connectivity index (χ1n) is 9.76. The average Bonchev–Trinajstić information content (AvgIpc) is 2.78. The Morgan fingerprint density at radius 2 is 1.66 bits per heavy atom. The molecule has 0 spiro atoms. The molecule has 0 fully saturated rings. The second-order valence-corrected chi connectivity index (χ2v) is 7.49. The van der Waals surface area contributed by atoms with Gasteiger partial charge in [-0.2, -0.15) is 0 Å². The van der Waals surface area contributed by atoms with Crippen LogP contribution in [-0.2, 0) is 16.0 Å². The zero-order chi connectivity index (χ0) is 23.1. The van der Waals surface area contributed by atoms with Gasteiger partial charge in [0.2, 0.25) is 0 Å². The molecule has 0 radical (unpaired) electrons. The lowest BCUT2D eigenvalue weighted by Gasteiger charge is -2.12. The van der Waals surface area contributed by atoms with Crippen LogP contribution in [0.25, 0.3) is 0 Å². The molecular weight excluding hydrogens is 453 g/mol. The zero-order valence-corrected chi connectivity index (χ0v) is 19.0. The number of methoxy groups -OCH3 is 1. The number of hydrogen-bond acceptors (Lipinski definition) is 5. The Kier molecular flexibility index (Phi) is 7.98. The summed E-state index contributed by atoms with van der Waals surface area (Å²) >= 11 is 11.9. The van der Waals surface area contributed by atoms with Gasteiger partial charge in [0.25, 0.3) is 5.91 Å². The number of ether oxygens (including phenoxy) is 3. The zero-order valence-electron chi connectivity index (χ0n) is 17.5. The van der Waals surface area contributed by atoms with Gasteiger partial charge in [0.05, 0.1) is 30.2 Å². The van der Waals surface area contributed by atoms with Crippen LogP contribution in [0.2, 0.25) is 10.0 Å². The third-order valence-corrected chi connectivity index (χ3v) is 5.14. The first kappa shape index (κ1) is 23.4. The minimum atomic E-state index is -0.309. The van der Waals surface area contributed by atoms with Gasteiger partial charge in [-0.05, 0) is 67.1 Å². The second-order valence-electron chi connectivity index (χ2n) is 6.68. The van der Waals surface area contributed by atoms with Crippen molar-refractivity contribution in [3.8, 4) is 17.2 Å². The number of nitrogens with one attached hydrogen (secondary N) is 1. The number of esters is 1. The Labute approximate surface area is 196 Å². The van der Waals surface area contributed by atoms with Gasteiger partial charge in [-0.1, -0.05) is 29.3 Å². The number of amides is 1. The normalized spacial score (nSPS) is 10.4.